The van der Waals surface area contributed by atoms with E-state index in [1.54, 1.807) is 30.2 Å². The molecule has 0 fully saturated rings. The normalized spacial score (nSPS) is 10.8. The standard InChI is InChI=1S/C21H23ClN4O2S/c1-13-5-6-15(14(2)9-13)11-26(3)19(27)12-29-21-23-20(24-25-21)17-10-16(22)7-8-18(17)28-4/h5-10H,11-12H2,1-4H3,(H,23,24,25). The van der Waals surface area contributed by atoms with Gasteiger partial charge in [-0.15, -0.1) is 5.10 Å². The second-order valence-electron chi connectivity index (χ2n) is 6.78. The number of aromatic amines is 1. The van der Waals surface area contributed by atoms with Crippen LogP contribution in [0.15, 0.2) is 41.6 Å². The van der Waals surface area contributed by atoms with Crippen LogP contribution in [0, 0.1) is 13.8 Å². The largest absolute Gasteiger partial charge is 0.496 e. The quantitative estimate of drug-likeness (QED) is 0.559. The zero-order chi connectivity index (χ0) is 21.0. The highest BCUT2D eigenvalue weighted by Gasteiger charge is 2.15. The highest BCUT2D eigenvalue weighted by atomic mass is 35.5. The van der Waals surface area contributed by atoms with Gasteiger partial charge in [0, 0.05) is 18.6 Å². The molecule has 1 aromatic heterocycles. The number of aromatic nitrogens is 3. The number of carbonyl (C=O) groups excluding carboxylic acids is 1. The number of nitrogens with zero attached hydrogens (tertiary/aromatic N) is 3. The minimum absolute atomic E-state index is 0.0154. The lowest BCUT2D eigenvalue weighted by molar-refractivity contribution is -0.127. The number of amides is 1. The molecule has 2 aromatic carbocycles. The number of hydrogen-bond donors (Lipinski definition) is 1. The number of thioether (sulfide) groups is 1. The van der Waals surface area contributed by atoms with E-state index in [2.05, 4.69) is 47.2 Å². The zero-order valence-corrected chi connectivity index (χ0v) is 18.4. The van der Waals surface area contributed by atoms with Crippen LogP contribution in [0.3, 0.4) is 0 Å². The van der Waals surface area contributed by atoms with Gasteiger partial charge in [0.2, 0.25) is 11.1 Å². The fraction of sp³-hybridized carbons (Fsp3) is 0.286. The van der Waals surface area contributed by atoms with Gasteiger partial charge in [0.15, 0.2) is 5.82 Å². The van der Waals surface area contributed by atoms with E-state index in [1.807, 2.05) is 7.05 Å². The molecule has 0 spiro atoms. The fourth-order valence-corrected chi connectivity index (χ4v) is 3.81. The summed E-state index contributed by atoms with van der Waals surface area (Å²) >= 11 is 7.37. The topological polar surface area (TPSA) is 71.1 Å². The number of ether oxygens (including phenoxy) is 1. The molecule has 0 saturated heterocycles. The van der Waals surface area contributed by atoms with E-state index in [0.717, 1.165) is 11.1 Å². The third-order valence-electron chi connectivity index (χ3n) is 4.54. The Morgan fingerprint density at radius 2 is 2.03 bits per heavy atom. The van der Waals surface area contributed by atoms with E-state index in [-0.39, 0.29) is 11.7 Å². The Kier molecular flexibility index (Phi) is 6.82. The minimum atomic E-state index is 0.0154. The van der Waals surface area contributed by atoms with E-state index in [0.29, 0.717) is 28.3 Å². The molecule has 29 heavy (non-hydrogen) atoms. The second-order valence-corrected chi connectivity index (χ2v) is 8.16. The summed E-state index contributed by atoms with van der Waals surface area (Å²) in [5.41, 5.74) is 4.27. The van der Waals surface area contributed by atoms with E-state index >= 15 is 0 Å². The summed E-state index contributed by atoms with van der Waals surface area (Å²) in [6.07, 6.45) is 0. The number of methoxy groups -OCH3 is 1. The summed E-state index contributed by atoms with van der Waals surface area (Å²) in [5, 5.41) is 8.15. The van der Waals surface area contributed by atoms with Gasteiger partial charge in [0.1, 0.15) is 5.75 Å². The monoisotopic (exact) mass is 430 g/mol. The molecule has 8 heteroatoms. The van der Waals surface area contributed by atoms with Crippen LogP contribution in [-0.2, 0) is 11.3 Å². The molecule has 0 saturated carbocycles. The number of halogens is 1. The number of aryl methyl sites for hydroxylation is 2. The average molecular weight is 431 g/mol. The van der Waals surface area contributed by atoms with Crippen LogP contribution >= 0.6 is 23.4 Å². The summed E-state index contributed by atoms with van der Waals surface area (Å²) in [6, 6.07) is 11.6. The molecular weight excluding hydrogens is 408 g/mol. The van der Waals surface area contributed by atoms with Crippen molar-refractivity contribution in [1.82, 2.24) is 20.1 Å². The summed E-state index contributed by atoms with van der Waals surface area (Å²) in [6.45, 7) is 4.70. The van der Waals surface area contributed by atoms with Gasteiger partial charge >= 0.3 is 0 Å². The highest BCUT2D eigenvalue weighted by Crippen LogP contribution is 2.31. The lowest BCUT2D eigenvalue weighted by atomic mass is 10.1. The van der Waals surface area contributed by atoms with E-state index < -0.39 is 0 Å². The van der Waals surface area contributed by atoms with Gasteiger partial charge in [-0.05, 0) is 43.2 Å². The Morgan fingerprint density at radius 3 is 2.76 bits per heavy atom. The number of carbonyl (C=O) groups is 1. The van der Waals surface area contributed by atoms with Crippen LogP contribution in [0.4, 0.5) is 0 Å². The van der Waals surface area contributed by atoms with Crippen molar-refractivity contribution in [3.05, 3.63) is 58.1 Å². The Hall–Kier alpha value is -2.51. The van der Waals surface area contributed by atoms with Gasteiger partial charge in [0.05, 0.1) is 18.4 Å². The van der Waals surface area contributed by atoms with Gasteiger partial charge in [-0.1, -0.05) is 47.1 Å². The van der Waals surface area contributed by atoms with Gasteiger partial charge in [-0.3, -0.25) is 9.89 Å². The smallest absolute Gasteiger partial charge is 0.233 e. The number of benzene rings is 2. The predicted molar refractivity (Wildman–Crippen MR) is 116 cm³/mol. The minimum Gasteiger partial charge on any atom is -0.496 e. The summed E-state index contributed by atoms with van der Waals surface area (Å²) < 4.78 is 5.35. The number of hydrogen-bond acceptors (Lipinski definition) is 5. The third-order valence-corrected chi connectivity index (χ3v) is 5.60. The summed E-state index contributed by atoms with van der Waals surface area (Å²) in [5.74, 6) is 1.46. The van der Waals surface area contributed by atoms with Crippen LogP contribution in [-0.4, -0.2) is 45.9 Å². The van der Waals surface area contributed by atoms with Crippen molar-refractivity contribution < 1.29 is 9.53 Å². The first kappa shape index (κ1) is 21.2. The Balaban J connectivity index is 1.62. The van der Waals surface area contributed by atoms with Gasteiger partial charge in [0.25, 0.3) is 0 Å². The molecular formula is C21H23ClN4O2S. The maximum absolute atomic E-state index is 12.5. The Labute approximate surface area is 179 Å². The van der Waals surface area contributed by atoms with Crippen LogP contribution in [0.1, 0.15) is 16.7 Å². The molecule has 152 valence electrons. The van der Waals surface area contributed by atoms with Crippen molar-refractivity contribution in [3.63, 3.8) is 0 Å². The first-order chi connectivity index (χ1) is 13.9. The molecule has 3 rings (SSSR count). The second kappa shape index (κ2) is 9.33. The Bertz CT molecular complexity index is 1020. The summed E-state index contributed by atoms with van der Waals surface area (Å²) in [7, 11) is 3.39. The lowest BCUT2D eigenvalue weighted by Gasteiger charge is -2.18. The molecule has 6 nitrogen and oxygen atoms in total. The number of nitrogens with one attached hydrogen (secondary N) is 1. The van der Waals surface area contributed by atoms with E-state index in [1.165, 1.54) is 22.9 Å². The van der Waals surface area contributed by atoms with Crippen molar-refractivity contribution >= 4 is 29.3 Å². The van der Waals surface area contributed by atoms with Crippen molar-refractivity contribution in [2.24, 2.45) is 0 Å². The number of H-pyrrole nitrogens is 1. The van der Waals surface area contributed by atoms with Crippen LogP contribution in [0.2, 0.25) is 5.02 Å². The highest BCUT2D eigenvalue weighted by molar-refractivity contribution is 7.99. The molecule has 0 aliphatic carbocycles. The SMILES string of the molecule is COc1ccc(Cl)cc1-c1nc(SCC(=O)N(C)Cc2ccc(C)cc2C)n[nH]1. The van der Waals surface area contributed by atoms with Crippen molar-refractivity contribution in [2.45, 2.75) is 25.5 Å². The van der Waals surface area contributed by atoms with E-state index in [4.69, 9.17) is 16.3 Å². The molecule has 1 amide bonds. The first-order valence-electron chi connectivity index (χ1n) is 9.06. The summed E-state index contributed by atoms with van der Waals surface area (Å²) in [4.78, 5) is 18.7. The maximum Gasteiger partial charge on any atom is 0.233 e. The van der Waals surface area contributed by atoms with Gasteiger partial charge in [-0.25, -0.2) is 4.98 Å². The maximum atomic E-state index is 12.5. The Morgan fingerprint density at radius 1 is 1.24 bits per heavy atom. The molecule has 0 atom stereocenters. The lowest BCUT2D eigenvalue weighted by Crippen LogP contribution is -2.28. The van der Waals surface area contributed by atoms with Crippen LogP contribution in [0.5, 0.6) is 5.75 Å². The number of rotatable bonds is 7. The molecule has 1 heterocycles. The predicted octanol–water partition coefficient (Wildman–Crippen LogP) is 4.50. The van der Waals surface area contributed by atoms with Crippen LogP contribution in [0.25, 0.3) is 11.4 Å². The van der Waals surface area contributed by atoms with Crippen molar-refractivity contribution in [3.8, 4) is 17.1 Å². The average Bonchev–Trinajstić information content (AvgIpc) is 3.17. The molecule has 0 bridgehead atoms. The van der Waals surface area contributed by atoms with Gasteiger partial charge < -0.3 is 9.64 Å². The molecule has 0 unspecified atom stereocenters. The molecule has 1 N–H and O–H groups in total. The van der Waals surface area contributed by atoms with Crippen molar-refractivity contribution in [1.29, 1.82) is 0 Å². The molecule has 0 aliphatic heterocycles. The van der Waals surface area contributed by atoms with Crippen molar-refractivity contribution in [2.75, 3.05) is 19.9 Å². The first-order valence-corrected chi connectivity index (χ1v) is 10.4. The fourth-order valence-electron chi connectivity index (χ4n) is 2.90. The van der Waals surface area contributed by atoms with E-state index in [9.17, 15) is 4.79 Å². The molecule has 0 radical (unpaired) electrons. The third kappa shape index (κ3) is 5.31. The zero-order valence-electron chi connectivity index (χ0n) is 16.8. The molecule has 0 aliphatic rings. The van der Waals surface area contributed by atoms with Crippen LogP contribution < -0.4 is 4.74 Å². The van der Waals surface area contributed by atoms with Gasteiger partial charge in [-0.2, -0.15) is 0 Å². The molecule has 3 aromatic rings.